The van der Waals surface area contributed by atoms with Crippen molar-refractivity contribution in [3.63, 3.8) is 0 Å². The predicted molar refractivity (Wildman–Crippen MR) is 113 cm³/mol. The molecule has 4 rings (SSSR count). The van der Waals surface area contributed by atoms with Crippen LogP contribution in [0.4, 0.5) is 0 Å². The van der Waals surface area contributed by atoms with Crippen LogP contribution in [0.15, 0.2) is 54.9 Å². The van der Waals surface area contributed by atoms with Gasteiger partial charge in [0.2, 0.25) is 0 Å². The van der Waals surface area contributed by atoms with Gasteiger partial charge in [0.1, 0.15) is 12.1 Å². The number of nitrogens with zero attached hydrogens (tertiary/aromatic N) is 4. The summed E-state index contributed by atoms with van der Waals surface area (Å²) in [7, 11) is 3.17. The highest BCUT2D eigenvalue weighted by Gasteiger charge is 2.16. The largest absolute Gasteiger partial charge is 0.493 e. The Morgan fingerprint density at radius 2 is 1.83 bits per heavy atom. The molecule has 0 amide bonds. The third-order valence-corrected chi connectivity index (χ3v) is 4.93. The highest BCUT2D eigenvalue weighted by molar-refractivity contribution is 5.81. The van der Waals surface area contributed by atoms with Crippen molar-refractivity contribution in [2.75, 3.05) is 14.2 Å². The second-order valence-electron chi connectivity index (χ2n) is 6.79. The SMILES string of the molecule is COc1cc2ncn(-c3ccc([C@@H](C)O)c(-c4cccc(C#N)c4)n3)c2cc1OC. The summed E-state index contributed by atoms with van der Waals surface area (Å²) in [5, 5.41) is 19.5. The van der Waals surface area contributed by atoms with Crippen molar-refractivity contribution in [3.05, 3.63) is 66.0 Å². The van der Waals surface area contributed by atoms with Crippen molar-refractivity contribution >= 4 is 11.0 Å². The number of fused-ring (bicyclic) bond motifs is 1. The molecular weight excluding hydrogens is 380 g/mol. The van der Waals surface area contributed by atoms with Gasteiger partial charge in [0.25, 0.3) is 0 Å². The van der Waals surface area contributed by atoms with E-state index < -0.39 is 6.10 Å². The molecule has 0 saturated heterocycles. The van der Waals surface area contributed by atoms with Gasteiger partial charge in [-0.15, -0.1) is 0 Å². The molecule has 30 heavy (non-hydrogen) atoms. The van der Waals surface area contributed by atoms with Gasteiger partial charge in [0, 0.05) is 23.3 Å². The van der Waals surface area contributed by atoms with Gasteiger partial charge >= 0.3 is 0 Å². The van der Waals surface area contributed by atoms with Crippen LogP contribution < -0.4 is 9.47 Å². The Labute approximate surface area is 173 Å². The van der Waals surface area contributed by atoms with Crippen LogP contribution in [0, 0.1) is 11.3 Å². The number of nitriles is 1. The first-order valence-electron chi connectivity index (χ1n) is 9.34. The first kappa shape index (κ1) is 19.4. The fourth-order valence-electron chi connectivity index (χ4n) is 3.42. The van der Waals surface area contributed by atoms with E-state index in [0.29, 0.717) is 34.1 Å². The van der Waals surface area contributed by atoms with E-state index in [-0.39, 0.29) is 0 Å². The number of hydrogen-bond donors (Lipinski definition) is 1. The van der Waals surface area contributed by atoms with Gasteiger partial charge in [-0.05, 0) is 25.1 Å². The highest BCUT2D eigenvalue weighted by Crippen LogP contribution is 2.33. The predicted octanol–water partition coefficient (Wildman–Crippen LogP) is 4.03. The number of aliphatic hydroxyl groups excluding tert-OH is 1. The summed E-state index contributed by atoms with van der Waals surface area (Å²) in [5.74, 6) is 1.82. The average molecular weight is 400 g/mol. The van der Waals surface area contributed by atoms with Crippen LogP contribution in [0.25, 0.3) is 28.1 Å². The highest BCUT2D eigenvalue weighted by atomic mass is 16.5. The van der Waals surface area contributed by atoms with E-state index >= 15 is 0 Å². The van der Waals surface area contributed by atoms with Gasteiger partial charge in [0.05, 0.1) is 48.7 Å². The molecular formula is C23H20N4O3. The second-order valence-corrected chi connectivity index (χ2v) is 6.79. The minimum atomic E-state index is -0.712. The molecule has 0 radical (unpaired) electrons. The van der Waals surface area contributed by atoms with E-state index in [0.717, 1.165) is 16.6 Å². The van der Waals surface area contributed by atoms with E-state index in [4.69, 9.17) is 14.5 Å². The van der Waals surface area contributed by atoms with Crippen LogP contribution in [0.1, 0.15) is 24.2 Å². The zero-order chi connectivity index (χ0) is 21.3. The molecule has 0 bridgehead atoms. The van der Waals surface area contributed by atoms with Gasteiger partial charge in [-0.1, -0.05) is 18.2 Å². The molecule has 0 aliphatic heterocycles. The van der Waals surface area contributed by atoms with Crippen molar-refractivity contribution in [1.82, 2.24) is 14.5 Å². The van der Waals surface area contributed by atoms with E-state index in [1.807, 2.05) is 34.9 Å². The summed E-state index contributed by atoms with van der Waals surface area (Å²) in [6.07, 6.45) is 0.972. The zero-order valence-corrected chi connectivity index (χ0v) is 16.8. The maximum Gasteiger partial charge on any atom is 0.163 e. The Balaban J connectivity index is 1.91. The lowest BCUT2D eigenvalue weighted by Gasteiger charge is -2.14. The summed E-state index contributed by atoms with van der Waals surface area (Å²) in [4.78, 5) is 9.27. The number of ether oxygens (including phenoxy) is 2. The second kappa shape index (κ2) is 7.85. The summed E-state index contributed by atoms with van der Waals surface area (Å²) < 4.78 is 12.6. The quantitative estimate of drug-likeness (QED) is 0.544. The van der Waals surface area contributed by atoms with Crippen LogP contribution in [-0.4, -0.2) is 33.9 Å². The zero-order valence-electron chi connectivity index (χ0n) is 16.8. The molecule has 7 nitrogen and oxygen atoms in total. The van der Waals surface area contributed by atoms with Crippen molar-refractivity contribution in [2.45, 2.75) is 13.0 Å². The Morgan fingerprint density at radius 3 is 2.53 bits per heavy atom. The fraction of sp³-hybridized carbons (Fsp3) is 0.174. The lowest BCUT2D eigenvalue weighted by molar-refractivity contribution is 0.199. The lowest BCUT2D eigenvalue weighted by Crippen LogP contribution is -2.03. The van der Waals surface area contributed by atoms with Gasteiger partial charge < -0.3 is 14.6 Å². The van der Waals surface area contributed by atoms with Crippen molar-refractivity contribution in [1.29, 1.82) is 5.26 Å². The topological polar surface area (TPSA) is 93.2 Å². The maximum absolute atomic E-state index is 10.3. The molecule has 0 spiro atoms. The summed E-state index contributed by atoms with van der Waals surface area (Å²) >= 11 is 0. The Morgan fingerprint density at radius 1 is 1.07 bits per heavy atom. The molecule has 7 heteroatoms. The number of aromatic nitrogens is 3. The van der Waals surface area contributed by atoms with E-state index in [1.165, 1.54) is 0 Å². The van der Waals surface area contributed by atoms with Gasteiger partial charge in [-0.3, -0.25) is 4.57 Å². The number of hydrogen-bond acceptors (Lipinski definition) is 6. The third kappa shape index (κ3) is 3.34. The van der Waals surface area contributed by atoms with Crippen LogP contribution in [0.3, 0.4) is 0 Å². The third-order valence-electron chi connectivity index (χ3n) is 4.93. The number of rotatable bonds is 5. The van der Waals surface area contributed by atoms with Crippen molar-refractivity contribution < 1.29 is 14.6 Å². The van der Waals surface area contributed by atoms with Crippen molar-refractivity contribution in [3.8, 4) is 34.6 Å². The van der Waals surface area contributed by atoms with Crippen molar-refractivity contribution in [2.24, 2.45) is 0 Å². The molecule has 2 heterocycles. The molecule has 150 valence electrons. The average Bonchev–Trinajstić information content (AvgIpc) is 3.20. The fourth-order valence-corrected chi connectivity index (χ4v) is 3.42. The molecule has 1 atom stereocenters. The van der Waals surface area contributed by atoms with E-state index in [9.17, 15) is 10.4 Å². The van der Waals surface area contributed by atoms with E-state index in [2.05, 4.69) is 11.1 Å². The van der Waals surface area contributed by atoms with Crippen LogP contribution in [0.2, 0.25) is 0 Å². The summed E-state index contributed by atoms with van der Waals surface area (Å²) in [5.41, 5.74) is 4.12. The molecule has 0 aliphatic rings. The summed E-state index contributed by atoms with van der Waals surface area (Å²) in [6.45, 7) is 1.69. The monoisotopic (exact) mass is 400 g/mol. The number of aliphatic hydroxyl groups is 1. The lowest BCUT2D eigenvalue weighted by atomic mass is 10.0. The van der Waals surface area contributed by atoms with Gasteiger partial charge in [0.15, 0.2) is 11.5 Å². The maximum atomic E-state index is 10.3. The minimum absolute atomic E-state index is 0.529. The molecule has 0 unspecified atom stereocenters. The number of imidazole rings is 1. The van der Waals surface area contributed by atoms with Crippen LogP contribution >= 0.6 is 0 Å². The molecule has 4 aromatic rings. The van der Waals surface area contributed by atoms with Crippen LogP contribution in [-0.2, 0) is 0 Å². The Bertz CT molecular complexity index is 1270. The number of methoxy groups -OCH3 is 2. The Hall–Kier alpha value is -3.89. The van der Waals surface area contributed by atoms with Gasteiger partial charge in [-0.25, -0.2) is 9.97 Å². The number of benzene rings is 2. The first-order chi connectivity index (χ1) is 14.5. The number of pyridine rings is 1. The first-order valence-corrected chi connectivity index (χ1v) is 9.34. The molecule has 0 aliphatic carbocycles. The smallest absolute Gasteiger partial charge is 0.163 e. The molecule has 0 saturated carbocycles. The summed E-state index contributed by atoms with van der Waals surface area (Å²) in [6, 6.07) is 16.7. The standard InChI is InChI=1S/C23H20N4O3/c1-14(28)17-7-8-22(26-23(17)16-6-4-5-15(9-16)12-24)27-13-25-18-10-20(29-2)21(30-3)11-19(18)27/h4-11,13-14,28H,1-3H3/t14-/m1/s1. The molecule has 2 aromatic carbocycles. The Kier molecular flexibility index (Phi) is 5.09. The molecule has 2 aromatic heterocycles. The minimum Gasteiger partial charge on any atom is -0.493 e. The molecule has 1 N–H and O–H groups in total. The van der Waals surface area contributed by atoms with E-state index in [1.54, 1.807) is 45.7 Å². The normalized spacial score (nSPS) is 11.8. The molecule has 0 fully saturated rings. The van der Waals surface area contributed by atoms with Crippen LogP contribution in [0.5, 0.6) is 11.5 Å². The van der Waals surface area contributed by atoms with Gasteiger partial charge in [-0.2, -0.15) is 5.26 Å².